The van der Waals surface area contributed by atoms with Gasteiger partial charge in [0, 0.05) is 18.0 Å². The van der Waals surface area contributed by atoms with Crippen LogP contribution in [0.1, 0.15) is 35.3 Å². The van der Waals surface area contributed by atoms with Gasteiger partial charge in [0.2, 0.25) is 0 Å². The monoisotopic (exact) mass is 253 g/mol. The molecule has 2 heterocycles. The van der Waals surface area contributed by atoms with E-state index < -0.39 is 0 Å². The lowest BCUT2D eigenvalue weighted by atomic mass is 9.88. The number of nitrogens with zero attached hydrogens (tertiary/aromatic N) is 2. The van der Waals surface area contributed by atoms with Gasteiger partial charge in [-0.3, -0.25) is 0 Å². The third kappa shape index (κ3) is 2.39. The van der Waals surface area contributed by atoms with E-state index >= 15 is 0 Å². The van der Waals surface area contributed by atoms with E-state index in [1.807, 2.05) is 11.3 Å². The zero-order chi connectivity index (χ0) is 12.5. The highest BCUT2D eigenvalue weighted by atomic mass is 32.1. The second-order valence-electron chi connectivity index (χ2n) is 4.93. The Bertz CT molecular complexity index is 359. The Morgan fingerprint density at radius 3 is 2.41 bits per heavy atom. The number of likely N-dealkylation sites (tertiary alicyclic amines) is 1. The molecule has 96 valence electrons. The van der Waals surface area contributed by atoms with Crippen LogP contribution >= 0.6 is 11.3 Å². The lowest BCUT2D eigenvalue weighted by molar-refractivity contribution is 0.145. The number of thiazole rings is 1. The van der Waals surface area contributed by atoms with Crippen LogP contribution in [-0.4, -0.2) is 36.6 Å². The molecule has 0 atom stereocenters. The molecule has 0 spiro atoms. The fourth-order valence-corrected chi connectivity index (χ4v) is 3.67. The minimum Gasteiger partial charge on any atom is -0.308 e. The molecule has 1 N–H and O–H groups in total. The van der Waals surface area contributed by atoms with Crippen molar-refractivity contribution in [2.75, 3.05) is 26.7 Å². The number of hydrogen-bond donors (Lipinski definition) is 1. The van der Waals surface area contributed by atoms with Crippen LogP contribution in [0.4, 0.5) is 0 Å². The molecule has 0 radical (unpaired) electrons. The maximum absolute atomic E-state index is 4.77. The summed E-state index contributed by atoms with van der Waals surface area (Å²) < 4.78 is 0. The van der Waals surface area contributed by atoms with E-state index in [0.29, 0.717) is 0 Å². The molecule has 3 nitrogen and oxygen atoms in total. The Morgan fingerprint density at radius 1 is 1.35 bits per heavy atom. The number of aryl methyl sites for hydroxylation is 2. The molecule has 1 aromatic heterocycles. The second-order valence-corrected chi connectivity index (χ2v) is 6.13. The summed E-state index contributed by atoms with van der Waals surface area (Å²) >= 11 is 1.86. The normalized spacial score (nSPS) is 20.7. The lowest BCUT2D eigenvalue weighted by Gasteiger charge is -2.40. The van der Waals surface area contributed by atoms with Gasteiger partial charge in [-0.15, -0.1) is 11.3 Å². The molecule has 0 aliphatic carbocycles. The van der Waals surface area contributed by atoms with E-state index in [9.17, 15) is 0 Å². The topological polar surface area (TPSA) is 28.2 Å². The van der Waals surface area contributed by atoms with Gasteiger partial charge < -0.3 is 10.2 Å². The van der Waals surface area contributed by atoms with E-state index in [0.717, 1.165) is 6.54 Å². The zero-order valence-corrected chi connectivity index (χ0v) is 12.2. The van der Waals surface area contributed by atoms with E-state index in [1.54, 1.807) is 0 Å². The van der Waals surface area contributed by atoms with E-state index in [2.05, 4.69) is 38.0 Å². The molecule has 0 amide bonds. The van der Waals surface area contributed by atoms with Crippen molar-refractivity contribution in [3.8, 4) is 0 Å². The van der Waals surface area contributed by atoms with Crippen LogP contribution in [0.2, 0.25) is 0 Å². The van der Waals surface area contributed by atoms with E-state index in [4.69, 9.17) is 4.98 Å². The molecule has 0 saturated carbocycles. The van der Waals surface area contributed by atoms with Gasteiger partial charge in [-0.2, -0.15) is 0 Å². The summed E-state index contributed by atoms with van der Waals surface area (Å²) in [5.41, 5.74) is 1.31. The summed E-state index contributed by atoms with van der Waals surface area (Å²) in [4.78, 5) is 8.64. The number of nitrogens with one attached hydrogen (secondary N) is 1. The summed E-state index contributed by atoms with van der Waals surface area (Å²) in [5.74, 6) is 0. The fraction of sp³-hybridized carbons (Fsp3) is 0.769. The minimum absolute atomic E-state index is 0.120. The quantitative estimate of drug-likeness (QED) is 0.896. The summed E-state index contributed by atoms with van der Waals surface area (Å²) in [7, 11) is 2.08. The van der Waals surface area contributed by atoms with Crippen LogP contribution in [0.15, 0.2) is 0 Å². The van der Waals surface area contributed by atoms with Crippen LogP contribution in [0, 0.1) is 13.8 Å². The van der Waals surface area contributed by atoms with Crippen LogP contribution in [0.25, 0.3) is 0 Å². The van der Waals surface area contributed by atoms with Crippen molar-refractivity contribution in [1.29, 1.82) is 0 Å². The van der Waals surface area contributed by atoms with E-state index in [1.165, 1.54) is 41.5 Å². The van der Waals surface area contributed by atoms with Gasteiger partial charge in [0.1, 0.15) is 5.01 Å². The Kier molecular flexibility index (Phi) is 3.85. The first kappa shape index (κ1) is 13.0. The summed E-state index contributed by atoms with van der Waals surface area (Å²) in [5, 5.41) is 4.82. The van der Waals surface area contributed by atoms with Gasteiger partial charge in [0.05, 0.1) is 11.2 Å². The Balaban J connectivity index is 2.21. The van der Waals surface area contributed by atoms with Gasteiger partial charge in [0.15, 0.2) is 0 Å². The van der Waals surface area contributed by atoms with Gasteiger partial charge in [-0.1, -0.05) is 6.92 Å². The zero-order valence-electron chi connectivity index (χ0n) is 11.3. The third-order valence-corrected chi connectivity index (χ3v) is 5.35. The fourth-order valence-electron chi connectivity index (χ4n) is 2.50. The SMILES string of the molecule is CCN1CCC(NC)(c2nc(C)c(C)s2)CC1. The molecule has 4 heteroatoms. The highest BCUT2D eigenvalue weighted by Gasteiger charge is 2.37. The molecule has 17 heavy (non-hydrogen) atoms. The maximum Gasteiger partial charge on any atom is 0.113 e. The maximum atomic E-state index is 4.77. The largest absolute Gasteiger partial charge is 0.308 e. The van der Waals surface area contributed by atoms with Gasteiger partial charge in [0.25, 0.3) is 0 Å². The first-order valence-corrected chi connectivity index (χ1v) is 7.28. The summed E-state index contributed by atoms with van der Waals surface area (Å²) in [6, 6.07) is 0. The molecule has 1 aliphatic heterocycles. The Morgan fingerprint density at radius 2 is 2.00 bits per heavy atom. The van der Waals surface area contributed by atoms with Crippen molar-refractivity contribution in [1.82, 2.24) is 15.2 Å². The summed E-state index contributed by atoms with van der Waals surface area (Å²) in [6.07, 6.45) is 2.34. The molecule has 1 fully saturated rings. The van der Waals surface area contributed by atoms with Crippen molar-refractivity contribution in [2.24, 2.45) is 0 Å². The number of rotatable bonds is 3. The minimum atomic E-state index is 0.120. The molecule has 0 bridgehead atoms. The van der Waals surface area contributed by atoms with Crippen LogP contribution in [0.3, 0.4) is 0 Å². The van der Waals surface area contributed by atoms with Crippen molar-refractivity contribution in [3.05, 3.63) is 15.6 Å². The number of aromatic nitrogens is 1. The Hall–Kier alpha value is -0.450. The standard InChI is InChI=1S/C13H23N3S/c1-5-16-8-6-13(14-4,7-9-16)12-15-10(2)11(3)17-12/h14H,5-9H2,1-4H3. The molecule has 0 aromatic carbocycles. The highest BCUT2D eigenvalue weighted by molar-refractivity contribution is 7.11. The van der Waals surface area contributed by atoms with Crippen molar-refractivity contribution in [2.45, 2.75) is 39.2 Å². The predicted molar refractivity (Wildman–Crippen MR) is 73.7 cm³/mol. The molecular weight excluding hydrogens is 230 g/mol. The molecule has 0 unspecified atom stereocenters. The number of piperidine rings is 1. The average molecular weight is 253 g/mol. The van der Waals surface area contributed by atoms with Crippen LogP contribution in [-0.2, 0) is 5.54 Å². The van der Waals surface area contributed by atoms with E-state index in [-0.39, 0.29) is 5.54 Å². The first-order valence-electron chi connectivity index (χ1n) is 6.47. The number of hydrogen-bond acceptors (Lipinski definition) is 4. The smallest absolute Gasteiger partial charge is 0.113 e. The van der Waals surface area contributed by atoms with Crippen molar-refractivity contribution >= 4 is 11.3 Å². The van der Waals surface area contributed by atoms with Crippen LogP contribution in [0.5, 0.6) is 0 Å². The predicted octanol–water partition coefficient (Wildman–Crippen LogP) is 2.29. The van der Waals surface area contributed by atoms with Gasteiger partial charge in [-0.25, -0.2) is 4.98 Å². The third-order valence-electron chi connectivity index (χ3n) is 4.07. The molecule has 2 rings (SSSR count). The average Bonchev–Trinajstić information content (AvgIpc) is 2.70. The molecule has 1 saturated heterocycles. The van der Waals surface area contributed by atoms with Gasteiger partial charge in [-0.05, 0) is 40.3 Å². The summed E-state index contributed by atoms with van der Waals surface area (Å²) in [6.45, 7) is 10.0. The van der Waals surface area contributed by atoms with Crippen molar-refractivity contribution in [3.63, 3.8) is 0 Å². The van der Waals surface area contributed by atoms with Gasteiger partial charge >= 0.3 is 0 Å². The second kappa shape index (κ2) is 5.04. The molecule has 1 aromatic rings. The Labute approximate surface area is 108 Å². The van der Waals surface area contributed by atoms with Crippen LogP contribution < -0.4 is 5.32 Å². The molecular formula is C13H23N3S. The lowest BCUT2D eigenvalue weighted by Crippen LogP contribution is -2.49. The highest BCUT2D eigenvalue weighted by Crippen LogP contribution is 2.35. The first-order chi connectivity index (χ1) is 8.11. The molecule has 1 aliphatic rings. The van der Waals surface area contributed by atoms with Crippen molar-refractivity contribution < 1.29 is 0 Å².